The smallest absolute Gasteiger partial charge is 0.338 e. The van der Waals surface area contributed by atoms with Crippen LogP contribution >= 0.6 is 0 Å². The number of ether oxygens (including phenoxy) is 1. The molecule has 0 aliphatic rings. The molecule has 0 aromatic heterocycles. The summed E-state index contributed by atoms with van der Waals surface area (Å²) in [5.41, 5.74) is 0.541. The summed E-state index contributed by atoms with van der Waals surface area (Å²) >= 11 is 0. The summed E-state index contributed by atoms with van der Waals surface area (Å²) in [4.78, 5) is 22.1. The zero-order valence-electron chi connectivity index (χ0n) is 9.81. The number of unbranched alkanes of at least 4 members (excludes halogenated alkanes) is 2. The topological polar surface area (TPSA) is 63.6 Å². The number of aromatic carboxylic acids is 1. The van der Waals surface area contributed by atoms with Crippen LogP contribution in [0.1, 0.15) is 46.9 Å². The lowest BCUT2D eigenvalue weighted by molar-refractivity contribution is 0.0497. The van der Waals surface area contributed by atoms with Crippen LogP contribution < -0.4 is 0 Å². The molecule has 1 rings (SSSR count). The van der Waals surface area contributed by atoms with Crippen molar-refractivity contribution in [1.82, 2.24) is 0 Å². The lowest BCUT2D eigenvalue weighted by Crippen LogP contribution is -2.07. The third-order valence-electron chi connectivity index (χ3n) is 2.35. The van der Waals surface area contributed by atoms with E-state index in [9.17, 15) is 9.59 Å². The molecule has 92 valence electrons. The van der Waals surface area contributed by atoms with Gasteiger partial charge in [0.1, 0.15) is 0 Å². The minimum atomic E-state index is -1.01. The molecule has 0 saturated heterocycles. The molecular formula is C13H16O4. The van der Waals surface area contributed by atoms with E-state index < -0.39 is 11.9 Å². The van der Waals surface area contributed by atoms with E-state index in [1.165, 1.54) is 24.3 Å². The second kappa shape index (κ2) is 6.68. The molecule has 4 heteroatoms. The second-order valence-electron chi connectivity index (χ2n) is 3.73. The van der Waals surface area contributed by atoms with Crippen molar-refractivity contribution in [3.63, 3.8) is 0 Å². The highest BCUT2D eigenvalue weighted by molar-refractivity contribution is 5.92. The van der Waals surface area contributed by atoms with Gasteiger partial charge in [0, 0.05) is 0 Å². The zero-order chi connectivity index (χ0) is 12.7. The van der Waals surface area contributed by atoms with Crippen molar-refractivity contribution < 1.29 is 19.4 Å². The van der Waals surface area contributed by atoms with Crippen molar-refractivity contribution in [2.75, 3.05) is 6.61 Å². The number of hydrogen-bond acceptors (Lipinski definition) is 3. The molecular weight excluding hydrogens is 220 g/mol. The highest BCUT2D eigenvalue weighted by atomic mass is 16.5. The highest BCUT2D eigenvalue weighted by Crippen LogP contribution is 2.06. The van der Waals surface area contributed by atoms with Crippen LogP contribution in [0.3, 0.4) is 0 Å². The Labute approximate surface area is 100 Å². The molecule has 0 atom stereocenters. The van der Waals surface area contributed by atoms with Gasteiger partial charge in [-0.15, -0.1) is 0 Å². The number of esters is 1. The van der Waals surface area contributed by atoms with Gasteiger partial charge in [0.2, 0.25) is 0 Å². The van der Waals surface area contributed by atoms with E-state index in [1.807, 2.05) is 0 Å². The summed E-state index contributed by atoms with van der Waals surface area (Å²) in [5, 5.41) is 8.70. The summed E-state index contributed by atoms with van der Waals surface area (Å²) in [5.74, 6) is -1.41. The van der Waals surface area contributed by atoms with Gasteiger partial charge < -0.3 is 9.84 Å². The molecule has 4 nitrogen and oxygen atoms in total. The first kappa shape index (κ1) is 13.2. The molecule has 1 aromatic carbocycles. The fraction of sp³-hybridized carbons (Fsp3) is 0.385. The maximum Gasteiger partial charge on any atom is 0.338 e. The number of benzene rings is 1. The van der Waals surface area contributed by atoms with Gasteiger partial charge in [-0.3, -0.25) is 0 Å². The summed E-state index contributed by atoms with van der Waals surface area (Å²) in [6.07, 6.45) is 2.96. The van der Waals surface area contributed by atoms with Crippen LogP contribution in [0.25, 0.3) is 0 Å². The van der Waals surface area contributed by atoms with Gasteiger partial charge in [-0.2, -0.15) is 0 Å². The summed E-state index contributed by atoms with van der Waals surface area (Å²) in [6, 6.07) is 5.72. The summed E-state index contributed by atoms with van der Waals surface area (Å²) in [6.45, 7) is 2.49. The van der Waals surface area contributed by atoms with Gasteiger partial charge in [0.25, 0.3) is 0 Å². The molecule has 0 spiro atoms. The minimum absolute atomic E-state index is 0.160. The maximum absolute atomic E-state index is 11.5. The van der Waals surface area contributed by atoms with Crippen molar-refractivity contribution in [3.8, 4) is 0 Å². The number of carbonyl (C=O) groups is 2. The van der Waals surface area contributed by atoms with E-state index in [-0.39, 0.29) is 5.56 Å². The molecule has 0 bridgehead atoms. The maximum atomic E-state index is 11.5. The predicted octanol–water partition coefficient (Wildman–Crippen LogP) is 2.73. The molecule has 0 unspecified atom stereocenters. The van der Waals surface area contributed by atoms with Gasteiger partial charge in [-0.25, -0.2) is 9.59 Å². The molecule has 17 heavy (non-hydrogen) atoms. The minimum Gasteiger partial charge on any atom is -0.478 e. The van der Waals surface area contributed by atoms with Gasteiger partial charge in [-0.1, -0.05) is 19.8 Å². The van der Waals surface area contributed by atoms with E-state index in [0.29, 0.717) is 12.2 Å². The quantitative estimate of drug-likeness (QED) is 0.609. The Balaban J connectivity index is 2.49. The Bertz CT molecular complexity index is 381. The molecule has 1 N–H and O–H groups in total. The first-order valence-corrected chi connectivity index (χ1v) is 5.65. The molecule has 0 aliphatic carbocycles. The van der Waals surface area contributed by atoms with E-state index in [4.69, 9.17) is 9.84 Å². The zero-order valence-corrected chi connectivity index (χ0v) is 9.81. The van der Waals surface area contributed by atoms with Crippen LogP contribution in [-0.2, 0) is 4.74 Å². The highest BCUT2D eigenvalue weighted by Gasteiger charge is 2.08. The number of rotatable bonds is 6. The van der Waals surface area contributed by atoms with Crippen LogP contribution in [0.2, 0.25) is 0 Å². The fourth-order valence-corrected chi connectivity index (χ4v) is 1.35. The van der Waals surface area contributed by atoms with Gasteiger partial charge in [0.15, 0.2) is 0 Å². The molecule has 0 radical (unpaired) electrons. The third kappa shape index (κ3) is 4.26. The Kier molecular flexibility index (Phi) is 5.20. The second-order valence-corrected chi connectivity index (χ2v) is 3.73. The molecule has 0 saturated carbocycles. The SMILES string of the molecule is CCCCCOC(=O)c1ccc(C(=O)O)cc1. The van der Waals surface area contributed by atoms with Crippen molar-refractivity contribution in [2.45, 2.75) is 26.2 Å². The monoisotopic (exact) mass is 236 g/mol. The first-order valence-electron chi connectivity index (χ1n) is 5.65. The van der Waals surface area contributed by atoms with E-state index in [0.717, 1.165) is 19.3 Å². The third-order valence-corrected chi connectivity index (χ3v) is 2.35. The summed E-state index contributed by atoms with van der Waals surface area (Å²) < 4.78 is 5.04. The summed E-state index contributed by atoms with van der Waals surface area (Å²) in [7, 11) is 0. The normalized spacial score (nSPS) is 9.94. The number of hydrogen-bond donors (Lipinski definition) is 1. The van der Waals surface area contributed by atoms with E-state index >= 15 is 0 Å². The van der Waals surface area contributed by atoms with E-state index in [1.54, 1.807) is 0 Å². The Morgan fingerprint density at radius 2 is 1.71 bits per heavy atom. The molecule has 0 heterocycles. The van der Waals surface area contributed by atoms with E-state index in [2.05, 4.69) is 6.92 Å². The Morgan fingerprint density at radius 1 is 1.12 bits per heavy atom. The van der Waals surface area contributed by atoms with Crippen molar-refractivity contribution in [2.24, 2.45) is 0 Å². The first-order chi connectivity index (χ1) is 8.15. The molecule has 1 aromatic rings. The van der Waals surface area contributed by atoms with Crippen LogP contribution in [0.5, 0.6) is 0 Å². The number of carboxylic acids is 1. The van der Waals surface area contributed by atoms with Crippen molar-refractivity contribution >= 4 is 11.9 Å². The van der Waals surface area contributed by atoms with Crippen molar-refractivity contribution in [3.05, 3.63) is 35.4 Å². The van der Waals surface area contributed by atoms with Crippen LogP contribution in [0.4, 0.5) is 0 Å². The van der Waals surface area contributed by atoms with Gasteiger partial charge >= 0.3 is 11.9 Å². The predicted molar refractivity (Wildman–Crippen MR) is 63.2 cm³/mol. The average molecular weight is 236 g/mol. The largest absolute Gasteiger partial charge is 0.478 e. The fourth-order valence-electron chi connectivity index (χ4n) is 1.35. The Hall–Kier alpha value is -1.84. The molecule has 0 amide bonds. The number of carboxylic acid groups (broad SMARTS) is 1. The lowest BCUT2D eigenvalue weighted by Gasteiger charge is -2.04. The number of carbonyl (C=O) groups excluding carboxylic acids is 1. The standard InChI is InChI=1S/C13H16O4/c1-2-3-4-9-17-13(16)11-7-5-10(6-8-11)12(14)15/h5-8H,2-4,9H2,1H3,(H,14,15). The van der Waals surface area contributed by atoms with Crippen LogP contribution in [0, 0.1) is 0 Å². The average Bonchev–Trinajstić information content (AvgIpc) is 2.34. The van der Waals surface area contributed by atoms with Crippen LogP contribution in [0.15, 0.2) is 24.3 Å². The lowest BCUT2D eigenvalue weighted by atomic mass is 10.1. The van der Waals surface area contributed by atoms with Crippen LogP contribution in [-0.4, -0.2) is 23.7 Å². The van der Waals surface area contributed by atoms with Gasteiger partial charge in [0.05, 0.1) is 17.7 Å². The van der Waals surface area contributed by atoms with Crippen molar-refractivity contribution in [1.29, 1.82) is 0 Å². The Morgan fingerprint density at radius 3 is 2.24 bits per heavy atom. The molecule has 0 aliphatic heterocycles. The molecule has 0 fully saturated rings. The van der Waals surface area contributed by atoms with Gasteiger partial charge in [-0.05, 0) is 30.7 Å².